The van der Waals surface area contributed by atoms with Crippen molar-refractivity contribution < 1.29 is 48.2 Å². The quantitative estimate of drug-likeness (QED) is 0.0455. The number of rotatable bonds is 19. The summed E-state index contributed by atoms with van der Waals surface area (Å²) in [5.41, 5.74) is 18.5. The largest absolute Gasteiger partial charge is 0.496 e. The SMILES string of the molecule is COc1cc(/C=C/c2cccc(-c3ccccc3)c2C)cc(OC)c1C=O.COc1cc(/C=C/c2cccc(-c3ccccc3)c2C)cc(OC)c1CN1CCC[C@H]1CO.COc1cc(C#Cc2cccc(-c3ccccc3)c2C)cc(OC)c1C=O.OCC1CCCC1. The molecular weight excluding hydrogens is 1170 g/mol. The topological polar surface area (TPSA) is 133 Å². The molecule has 0 unspecified atom stereocenters. The van der Waals surface area contributed by atoms with E-state index in [0.29, 0.717) is 53.2 Å². The zero-order chi connectivity index (χ0) is 66.8. The highest BCUT2D eigenvalue weighted by atomic mass is 16.5. The molecule has 9 aromatic carbocycles. The molecule has 0 aromatic heterocycles. The highest BCUT2D eigenvalue weighted by Gasteiger charge is 2.26. The number of carbonyl (C=O) groups is 2. The van der Waals surface area contributed by atoms with Crippen LogP contribution in [0, 0.1) is 38.5 Å². The highest BCUT2D eigenvalue weighted by Crippen LogP contribution is 2.37. The minimum atomic E-state index is 0.187. The Kier molecular flexibility index (Phi) is 26.6. The van der Waals surface area contributed by atoms with Crippen LogP contribution in [0.25, 0.3) is 57.7 Å². The number of ether oxygens (including phenoxy) is 6. The molecule has 0 amide bonds. The van der Waals surface area contributed by atoms with Gasteiger partial charge in [0, 0.05) is 30.3 Å². The van der Waals surface area contributed by atoms with Crippen molar-refractivity contribution in [1.29, 1.82) is 0 Å². The second-order valence-electron chi connectivity index (χ2n) is 23.1. The van der Waals surface area contributed by atoms with Gasteiger partial charge in [0.2, 0.25) is 0 Å². The third-order valence-corrected chi connectivity index (χ3v) is 17.4. The van der Waals surface area contributed by atoms with Crippen LogP contribution in [0.2, 0.25) is 0 Å². The second-order valence-corrected chi connectivity index (χ2v) is 23.1. The van der Waals surface area contributed by atoms with Crippen molar-refractivity contribution in [3.8, 4) is 79.7 Å². The molecule has 11 nitrogen and oxygen atoms in total. The van der Waals surface area contributed by atoms with Crippen LogP contribution < -0.4 is 28.4 Å². The lowest BCUT2D eigenvalue weighted by Gasteiger charge is -2.25. The summed E-state index contributed by atoms with van der Waals surface area (Å²) in [6, 6.07) is 61.4. The molecule has 1 aliphatic heterocycles. The fraction of sp³-hybridized carbons (Fsp3) is 0.253. The number of benzene rings is 9. The predicted octanol–water partition coefficient (Wildman–Crippen LogP) is 17.5. The van der Waals surface area contributed by atoms with Crippen LogP contribution in [0.4, 0.5) is 0 Å². The molecule has 1 aliphatic carbocycles. The average Bonchev–Trinajstić information content (AvgIpc) is 1.17. The van der Waals surface area contributed by atoms with Gasteiger partial charge in [-0.3, -0.25) is 14.5 Å². The van der Waals surface area contributed by atoms with E-state index in [1.165, 1.54) is 78.8 Å². The van der Waals surface area contributed by atoms with Gasteiger partial charge in [-0.25, -0.2) is 0 Å². The van der Waals surface area contributed by atoms with Crippen LogP contribution in [-0.4, -0.2) is 96.1 Å². The Morgan fingerprint density at radius 2 is 0.840 bits per heavy atom. The smallest absolute Gasteiger partial charge is 0.157 e. The van der Waals surface area contributed by atoms with Crippen molar-refractivity contribution in [2.75, 3.05) is 62.4 Å². The third-order valence-electron chi connectivity index (χ3n) is 17.4. The van der Waals surface area contributed by atoms with Crippen molar-refractivity contribution in [3.05, 3.63) is 249 Å². The first-order chi connectivity index (χ1) is 45.9. The fourth-order valence-electron chi connectivity index (χ4n) is 12.0. The molecule has 1 saturated heterocycles. The van der Waals surface area contributed by atoms with Crippen molar-refractivity contribution in [2.24, 2.45) is 5.92 Å². The molecule has 0 bridgehead atoms. The van der Waals surface area contributed by atoms with E-state index in [9.17, 15) is 14.7 Å². The molecule has 1 atom stereocenters. The number of aliphatic hydroxyl groups is 2. The van der Waals surface area contributed by atoms with Gasteiger partial charge in [-0.15, -0.1) is 0 Å². The number of hydrogen-bond acceptors (Lipinski definition) is 11. The molecule has 0 radical (unpaired) electrons. The molecule has 2 N–H and O–H groups in total. The summed E-state index contributed by atoms with van der Waals surface area (Å²) in [7, 11) is 9.53. The summed E-state index contributed by atoms with van der Waals surface area (Å²) in [5, 5.41) is 18.3. The lowest BCUT2D eigenvalue weighted by molar-refractivity contribution is 0.111. The summed E-state index contributed by atoms with van der Waals surface area (Å²) in [4.78, 5) is 24.9. The lowest BCUT2D eigenvalue weighted by Crippen LogP contribution is -2.31. The molecule has 94 heavy (non-hydrogen) atoms. The maximum Gasteiger partial charge on any atom is 0.157 e. The van der Waals surface area contributed by atoms with Crippen molar-refractivity contribution >= 4 is 36.9 Å². The number of nitrogens with zero attached hydrogens (tertiary/aromatic N) is 1. The molecule has 2 fully saturated rings. The van der Waals surface area contributed by atoms with E-state index >= 15 is 0 Å². The zero-order valence-electron chi connectivity index (χ0n) is 55.6. The highest BCUT2D eigenvalue weighted by molar-refractivity contribution is 5.87. The molecule has 484 valence electrons. The Labute approximate surface area is 555 Å². The van der Waals surface area contributed by atoms with Crippen LogP contribution in [0.3, 0.4) is 0 Å². The fourth-order valence-corrected chi connectivity index (χ4v) is 12.0. The van der Waals surface area contributed by atoms with Crippen LogP contribution in [-0.2, 0) is 6.54 Å². The maximum absolute atomic E-state index is 11.3. The molecule has 0 spiro atoms. The van der Waals surface area contributed by atoms with E-state index in [4.69, 9.17) is 33.5 Å². The number of aldehydes is 2. The van der Waals surface area contributed by atoms with E-state index < -0.39 is 0 Å². The van der Waals surface area contributed by atoms with E-state index in [1.807, 2.05) is 72.8 Å². The summed E-state index contributed by atoms with van der Waals surface area (Å²) in [6.07, 6.45) is 17.1. The molecule has 9 aromatic rings. The van der Waals surface area contributed by atoms with E-state index in [-0.39, 0.29) is 12.6 Å². The number of methoxy groups -OCH3 is 6. The lowest BCUT2D eigenvalue weighted by atomic mass is 9.96. The minimum Gasteiger partial charge on any atom is -0.496 e. The number of aliphatic hydroxyl groups excluding tert-OH is 2. The summed E-state index contributed by atoms with van der Waals surface area (Å²) >= 11 is 0. The van der Waals surface area contributed by atoms with Gasteiger partial charge in [-0.2, -0.15) is 0 Å². The van der Waals surface area contributed by atoms with Crippen LogP contribution in [0.15, 0.2) is 182 Å². The van der Waals surface area contributed by atoms with Gasteiger partial charge in [-0.05, 0) is 174 Å². The van der Waals surface area contributed by atoms with Crippen molar-refractivity contribution in [1.82, 2.24) is 4.90 Å². The van der Waals surface area contributed by atoms with Crippen LogP contribution in [0.1, 0.15) is 115 Å². The Morgan fingerprint density at radius 3 is 1.23 bits per heavy atom. The van der Waals surface area contributed by atoms with Gasteiger partial charge in [0.1, 0.15) is 34.5 Å². The minimum absolute atomic E-state index is 0.187. The predicted molar refractivity (Wildman–Crippen MR) is 383 cm³/mol. The second kappa shape index (κ2) is 35.7. The molecule has 11 heteroatoms. The van der Waals surface area contributed by atoms with Gasteiger partial charge < -0.3 is 38.6 Å². The zero-order valence-corrected chi connectivity index (χ0v) is 55.6. The van der Waals surface area contributed by atoms with Gasteiger partial charge in [0.05, 0.1) is 66.0 Å². The third kappa shape index (κ3) is 18.2. The molecular formula is C83H87NO10. The van der Waals surface area contributed by atoms with Crippen molar-refractivity contribution in [2.45, 2.75) is 71.9 Å². The number of hydrogen-bond donors (Lipinski definition) is 2. The maximum atomic E-state index is 11.3. The Hall–Kier alpha value is -9.96. The van der Waals surface area contributed by atoms with E-state index in [0.717, 1.165) is 93.5 Å². The van der Waals surface area contributed by atoms with Gasteiger partial charge in [0.15, 0.2) is 12.6 Å². The molecule has 1 saturated carbocycles. The summed E-state index contributed by atoms with van der Waals surface area (Å²) in [6.45, 7) is 8.66. The summed E-state index contributed by atoms with van der Waals surface area (Å²) in [5.74, 6) is 10.6. The van der Waals surface area contributed by atoms with Gasteiger partial charge in [-0.1, -0.05) is 189 Å². The average molecular weight is 1260 g/mol. The molecule has 11 rings (SSSR count). The Balaban J connectivity index is 0.000000172. The molecule has 2 aliphatic rings. The van der Waals surface area contributed by atoms with Crippen LogP contribution in [0.5, 0.6) is 34.5 Å². The Bertz CT molecular complexity index is 3990. The monoisotopic (exact) mass is 1260 g/mol. The first-order valence-electron chi connectivity index (χ1n) is 31.9. The van der Waals surface area contributed by atoms with E-state index in [2.05, 4.69) is 159 Å². The van der Waals surface area contributed by atoms with E-state index in [1.54, 1.807) is 40.6 Å². The normalized spacial score (nSPS) is 13.5. The number of likely N-dealkylation sites (tertiary alicyclic amines) is 1. The first kappa shape index (κ1) is 69.9. The van der Waals surface area contributed by atoms with Crippen LogP contribution >= 0.6 is 0 Å². The standard InChI is InChI=1S/C29H33NO3.C24H22O3.C24H20O3.C6H12O/c1-21-23(11-7-13-26(21)24-9-5-4-6-10-24)15-14-22-17-28(32-2)27(29(18-22)33-3)19-30-16-8-12-25(30)20-31;2*1-17-19(10-7-11-21(17)20-8-5-4-6-9-20)13-12-18-14-23(26-2)22(16-25)24(15-18)27-3;7-5-6-3-1-2-4-6/h4-7,9-11,13-15,17-18,25,31H,8,12,16,19-20H2,1-3H3;4-16H,1-3H3;4-11,14-16H,1-3H3;6-7H,1-5H2/b15-14+;13-12+;;/t25-;;;/m0.../s1. The number of carbonyl (C=O) groups excluding carboxylic acids is 2. The van der Waals surface area contributed by atoms with Gasteiger partial charge >= 0.3 is 0 Å². The summed E-state index contributed by atoms with van der Waals surface area (Å²) < 4.78 is 32.8. The van der Waals surface area contributed by atoms with Gasteiger partial charge in [0.25, 0.3) is 0 Å². The van der Waals surface area contributed by atoms with Crippen molar-refractivity contribution in [3.63, 3.8) is 0 Å². The Morgan fingerprint density at radius 1 is 0.436 bits per heavy atom. The first-order valence-corrected chi connectivity index (χ1v) is 31.9. The molecule has 1 heterocycles.